The van der Waals surface area contributed by atoms with Gasteiger partial charge in [-0.25, -0.2) is 4.39 Å². The molecule has 0 spiro atoms. The largest absolute Gasteiger partial charge is 0.342 e. The van der Waals surface area contributed by atoms with Gasteiger partial charge in [-0.1, -0.05) is 25.0 Å². The highest BCUT2D eigenvalue weighted by molar-refractivity contribution is 5.97. The summed E-state index contributed by atoms with van der Waals surface area (Å²) < 4.78 is 14.5. The van der Waals surface area contributed by atoms with Crippen molar-refractivity contribution in [2.24, 2.45) is 0 Å². The van der Waals surface area contributed by atoms with Gasteiger partial charge in [-0.15, -0.1) is 0 Å². The first-order chi connectivity index (χ1) is 16.9. The van der Waals surface area contributed by atoms with Gasteiger partial charge in [-0.3, -0.25) is 25.2 Å². The maximum atomic E-state index is 13.1. The lowest BCUT2D eigenvalue weighted by Crippen LogP contribution is -2.36. The number of hydrogen-bond acceptors (Lipinski definition) is 5. The third kappa shape index (κ3) is 5.68. The lowest BCUT2D eigenvalue weighted by atomic mass is 9.99. The molecule has 0 bridgehead atoms. The summed E-state index contributed by atoms with van der Waals surface area (Å²) in [7, 11) is 1.78. The van der Waals surface area contributed by atoms with Gasteiger partial charge in [0.25, 0.3) is 5.91 Å². The third-order valence-electron chi connectivity index (χ3n) is 6.69. The molecule has 0 radical (unpaired) electrons. The van der Waals surface area contributed by atoms with E-state index in [9.17, 15) is 18.8 Å². The van der Waals surface area contributed by atoms with E-state index in [0.717, 1.165) is 37.7 Å². The summed E-state index contributed by atoms with van der Waals surface area (Å²) in [6.07, 6.45) is 4.93. The molecule has 4 rings (SSSR count). The van der Waals surface area contributed by atoms with Crippen LogP contribution in [-0.2, 0) is 6.54 Å². The molecule has 2 atom stereocenters. The molecule has 2 aromatic carbocycles. The van der Waals surface area contributed by atoms with Crippen molar-refractivity contribution in [1.29, 1.82) is 0 Å². The van der Waals surface area contributed by atoms with Gasteiger partial charge in [0, 0.05) is 37.8 Å². The second kappa shape index (κ2) is 11.0. The van der Waals surface area contributed by atoms with Crippen LogP contribution >= 0.6 is 0 Å². The topological polar surface area (TPSA) is 99.2 Å². The van der Waals surface area contributed by atoms with E-state index in [1.807, 2.05) is 12.1 Å². The lowest BCUT2D eigenvalue weighted by molar-refractivity contribution is 0.0792. The second-order valence-corrected chi connectivity index (χ2v) is 9.14. The molecule has 0 aliphatic carbocycles. The van der Waals surface area contributed by atoms with Crippen LogP contribution < -0.4 is 22.0 Å². The molecule has 1 saturated heterocycles. The van der Waals surface area contributed by atoms with Crippen LogP contribution in [-0.4, -0.2) is 40.0 Å². The van der Waals surface area contributed by atoms with Gasteiger partial charge < -0.3 is 14.5 Å². The Balaban J connectivity index is 1.23. The molecule has 3 aromatic rings. The van der Waals surface area contributed by atoms with Crippen molar-refractivity contribution in [3.63, 3.8) is 0 Å². The zero-order chi connectivity index (χ0) is 24.9. The van der Waals surface area contributed by atoms with E-state index in [4.69, 9.17) is 0 Å². The lowest BCUT2D eigenvalue weighted by Gasteiger charge is -2.18. The third-order valence-corrected chi connectivity index (χ3v) is 6.69. The molecule has 1 aromatic heterocycles. The fraction of sp³-hybridized carbons (Fsp3) is 0.423. The first-order valence-corrected chi connectivity index (χ1v) is 12.2. The minimum atomic E-state index is -0.687. The molecule has 1 amide bonds. The molecule has 0 saturated carbocycles. The number of fused-ring (bicyclic) bond motifs is 1. The summed E-state index contributed by atoms with van der Waals surface area (Å²) in [5.74, 6) is -0.344. The molecule has 2 heterocycles. The first kappa shape index (κ1) is 24.8. The van der Waals surface area contributed by atoms with Crippen molar-refractivity contribution in [1.82, 2.24) is 25.3 Å². The molecular weight excluding hydrogens is 449 g/mol. The summed E-state index contributed by atoms with van der Waals surface area (Å²) in [4.78, 5) is 41.1. The molecule has 35 heavy (non-hydrogen) atoms. The molecule has 1 aliphatic rings. The number of rotatable bonds is 9. The Morgan fingerprint density at radius 3 is 2.60 bits per heavy atom. The van der Waals surface area contributed by atoms with Crippen molar-refractivity contribution in [3.8, 4) is 0 Å². The molecule has 8 nitrogen and oxygen atoms in total. The number of halogens is 1. The van der Waals surface area contributed by atoms with Gasteiger partial charge in [0.05, 0.1) is 11.0 Å². The second-order valence-electron chi connectivity index (χ2n) is 9.14. The molecule has 186 valence electrons. The highest BCUT2D eigenvalue weighted by Crippen LogP contribution is 2.24. The fourth-order valence-corrected chi connectivity index (χ4v) is 4.69. The van der Waals surface area contributed by atoms with E-state index in [1.165, 1.54) is 16.7 Å². The minimum Gasteiger partial charge on any atom is -0.342 e. The van der Waals surface area contributed by atoms with Gasteiger partial charge in [-0.2, -0.15) is 0 Å². The van der Waals surface area contributed by atoms with Gasteiger partial charge in [-0.05, 0) is 62.1 Å². The summed E-state index contributed by atoms with van der Waals surface area (Å²) in [6, 6.07) is 12.2. The number of aromatic amines is 1. The molecular formula is C26H32FN5O3. The highest BCUT2D eigenvalue weighted by atomic mass is 19.1. The molecule has 9 heteroatoms. The Hall–Kier alpha value is -3.30. The molecule has 1 aliphatic heterocycles. The van der Waals surface area contributed by atoms with Crippen molar-refractivity contribution in [2.75, 3.05) is 13.6 Å². The van der Waals surface area contributed by atoms with Gasteiger partial charge >= 0.3 is 11.1 Å². The van der Waals surface area contributed by atoms with Gasteiger partial charge in [0.1, 0.15) is 5.82 Å². The van der Waals surface area contributed by atoms with E-state index in [-0.39, 0.29) is 17.8 Å². The van der Waals surface area contributed by atoms with Crippen LogP contribution in [0.2, 0.25) is 0 Å². The Morgan fingerprint density at radius 1 is 1.09 bits per heavy atom. The smallest absolute Gasteiger partial charge is 0.316 e. The Morgan fingerprint density at radius 2 is 1.86 bits per heavy atom. The van der Waals surface area contributed by atoms with Crippen molar-refractivity contribution in [2.45, 2.75) is 57.7 Å². The summed E-state index contributed by atoms with van der Waals surface area (Å²) in [6.45, 7) is 2.82. The Kier molecular flexibility index (Phi) is 7.77. The van der Waals surface area contributed by atoms with Crippen molar-refractivity contribution in [3.05, 3.63) is 80.1 Å². The Labute approximate surface area is 203 Å². The van der Waals surface area contributed by atoms with Crippen LogP contribution in [0.1, 0.15) is 61.0 Å². The fourth-order valence-electron chi connectivity index (χ4n) is 4.69. The summed E-state index contributed by atoms with van der Waals surface area (Å²) >= 11 is 0. The number of H-pyrrole nitrogens is 1. The number of unbranched alkanes of at least 4 members (excludes halogenated alkanes) is 2. The number of nitrogens with zero attached hydrogens (tertiary/aromatic N) is 2. The van der Waals surface area contributed by atoms with E-state index in [2.05, 4.69) is 15.8 Å². The van der Waals surface area contributed by atoms with Crippen LogP contribution in [0.3, 0.4) is 0 Å². The number of carbonyl (C=O) groups excluding carboxylic acids is 1. The van der Waals surface area contributed by atoms with Crippen LogP contribution in [0.15, 0.2) is 52.1 Å². The predicted octanol–water partition coefficient (Wildman–Crippen LogP) is 3.09. The van der Waals surface area contributed by atoms with Gasteiger partial charge in [0.15, 0.2) is 0 Å². The standard InChI is InChI=1S/C26H32FN5O3/c1-3-32-23-13-10-18(15-22(23)28-24(33)26(32)35)25(34)31(2)14-6-4-5-7-20-16-21(30-29-20)17-8-11-19(27)12-9-17/h8-13,15,20-21,29-30H,3-7,14,16H2,1-2H3,(H,28,33). The zero-order valence-corrected chi connectivity index (χ0v) is 20.1. The SMILES string of the molecule is CCn1c(=O)c(=O)[nH]c2cc(C(=O)N(C)CCCCCC3CC(c4ccc(F)cc4)NN3)ccc21. The van der Waals surface area contributed by atoms with Crippen LogP contribution in [0.5, 0.6) is 0 Å². The number of hydrazine groups is 1. The Bertz CT molecular complexity index is 1300. The summed E-state index contributed by atoms with van der Waals surface area (Å²) in [5.41, 5.74) is 7.99. The van der Waals surface area contributed by atoms with Crippen LogP contribution in [0, 0.1) is 5.82 Å². The maximum absolute atomic E-state index is 13.1. The number of nitrogens with one attached hydrogen (secondary N) is 3. The maximum Gasteiger partial charge on any atom is 0.316 e. The number of aromatic nitrogens is 2. The first-order valence-electron chi connectivity index (χ1n) is 12.2. The van der Waals surface area contributed by atoms with Crippen LogP contribution in [0.25, 0.3) is 11.0 Å². The van der Waals surface area contributed by atoms with Crippen LogP contribution in [0.4, 0.5) is 4.39 Å². The number of hydrogen-bond donors (Lipinski definition) is 3. The zero-order valence-electron chi connectivity index (χ0n) is 20.1. The minimum absolute atomic E-state index is 0.120. The molecule has 1 fully saturated rings. The quantitative estimate of drug-likeness (QED) is 0.322. The predicted molar refractivity (Wildman–Crippen MR) is 134 cm³/mol. The monoisotopic (exact) mass is 481 g/mol. The van der Waals surface area contributed by atoms with E-state index in [0.29, 0.717) is 35.7 Å². The van der Waals surface area contributed by atoms with E-state index in [1.54, 1.807) is 37.1 Å². The summed E-state index contributed by atoms with van der Waals surface area (Å²) in [5, 5.41) is 0. The normalized spacial score (nSPS) is 17.7. The average molecular weight is 482 g/mol. The highest BCUT2D eigenvalue weighted by Gasteiger charge is 2.24. The average Bonchev–Trinajstić information content (AvgIpc) is 3.33. The van der Waals surface area contributed by atoms with Crippen molar-refractivity contribution >= 4 is 16.9 Å². The van der Waals surface area contributed by atoms with Gasteiger partial charge in [0.2, 0.25) is 0 Å². The van der Waals surface area contributed by atoms with Crippen molar-refractivity contribution < 1.29 is 9.18 Å². The molecule has 2 unspecified atom stereocenters. The van der Waals surface area contributed by atoms with E-state index < -0.39 is 11.1 Å². The molecule has 3 N–H and O–H groups in total. The van der Waals surface area contributed by atoms with E-state index >= 15 is 0 Å². The number of amides is 1. The number of aryl methyl sites for hydroxylation is 1. The number of benzene rings is 2. The number of carbonyl (C=O) groups is 1.